The molecule has 0 saturated carbocycles. The normalized spacial score (nSPS) is 9.62. The van der Waals surface area contributed by atoms with Crippen molar-refractivity contribution >= 4 is 28.6 Å². The fourth-order valence-corrected chi connectivity index (χ4v) is 2.90. The second-order valence-electron chi connectivity index (χ2n) is 7.19. The van der Waals surface area contributed by atoms with Crippen molar-refractivity contribution in [3.63, 3.8) is 0 Å². The van der Waals surface area contributed by atoms with Gasteiger partial charge in [0.15, 0.2) is 11.5 Å². The zero-order chi connectivity index (χ0) is 29.5. The number of allylic oxidation sites excluding steroid dienone is 1. The number of hydrogen-bond donors (Lipinski definition) is 1. The van der Waals surface area contributed by atoms with Gasteiger partial charge < -0.3 is 24.3 Å². The van der Waals surface area contributed by atoms with Crippen LogP contribution in [0.3, 0.4) is 0 Å². The van der Waals surface area contributed by atoms with Crippen molar-refractivity contribution in [3.8, 4) is 23.8 Å². The van der Waals surface area contributed by atoms with Crippen molar-refractivity contribution in [3.05, 3.63) is 60.6 Å². The predicted molar refractivity (Wildman–Crippen MR) is 164 cm³/mol. The van der Waals surface area contributed by atoms with Gasteiger partial charge in [0.2, 0.25) is 0 Å². The summed E-state index contributed by atoms with van der Waals surface area (Å²) in [5, 5.41) is 4.10. The van der Waals surface area contributed by atoms with E-state index in [1.165, 1.54) is 6.33 Å². The van der Waals surface area contributed by atoms with Crippen LogP contribution >= 0.6 is 0 Å². The molecule has 0 unspecified atom stereocenters. The zero-order valence-electron chi connectivity index (χ0n) is 24.7. The number of methoxy groups -OCH3 is 2. The van der Waals surface area contributed by atoms with E-state index < -0.39 is 0 Å². The minimum absolute atomic E-state index is 0.392. The second kappa shape index (κ2) is 22.1. The molecule has 3 aromatic rings. The first kappa shape index (κ1) is 35.1. The fourth-order valence-electron chi connectivity index (χ4n) is 2.90. The Hall–Kier alpha value is -3.93. The third-order valence-corrected chi connectivity index (χ3v) is 4.43. The lowest BCUT2D eigenvalue weighted by molar-refractivity contribution is 0.132. The summed E-state index contributed by atoms with van der Waals surface area (Å²) in [4.78, 5) is 12.6. The number of nitrogens with one attached hydrogen (secondary N) is 1. The summed E-state index contributed by atoms with van der Waals surface area (Å²) < 4.78 is 21.8. The van der Waals surface area contributed by atoms with Crippen LogP contribution in [0.15, 0.2) is 60.0 Å². The number of benzene rings is 2. The van der Waals surface area contributed by atoms with Gasteiger partial charge in [0, 0.05) is 48.8 Å². The van der Waals surface area contributed by atoms with Crippen molar-refractivity contribution in [2.75, 3.05) is 46.0 Å². The van der Waals surface area contributed by atoms with Gasteiger partial charge in [0.1, 0.15) is 25.4 Å². The summed E-state index contributed by atoms with van der Waals surface area (Å²) in [7, 11) is 3.25. The third-order valence-electron chi connectivity index (χ3n) is 4.43. The molecule has 39 heavy (non-hydrogen) atoms. The number of hydrogen-bond acceptors (Lipinski definition) is 8. The van der Waals surface area contributed by atoms with Gasteiger partial charge in [-0.15, -0.1) is 6.42 Å². The molecule has 1 heterocycles. The topological polar surface area (TPSA) is 87.1 Å². The zero-order valence-corrected chi connectivity index (χ0v) is 24.7. The lowest BCUT2D eigenvalue weighted by Crippen LogP contribution is -2.09. The van der Waals surface area contributed by atoms with E-state index in [-0.39, 0.29) is 0 Å². The van der Waals surface area contributed by atoms with E-state index in [1.54, 1.807) is 20.4 Å². The Morgan fingerprint density at radius 2 is 1.59 bits per heavy atom. The standard InChI is InChI=1S/C22H23N3O4.C5H9N.2C2H6/c1-4-16-6-5-7-17(12-16)25-22-18-13-20(28-10-8-26-2)21(29-11-9-27-3)14-19(18)23-15-24-22;1-4-6-5(2)3;2*1-2/h1,5-7,12-15H,8-11H2,2-3H3,(H,23,24,25);4H,2H2,1,3H3;2*1-2H3. The van der Waals surface area contributed by atoms with Crippen LogP contribution in [0.5, 0.6) is 11.5 Å². The van der Waals surface area contributed by atoms with Crippen molar-refractivity contribution in [1.29, 1.82) is 0 Å². The number of nitrogens with zero attached hydrogens (tertiary/aromatic N) is 3. The molecule has 8 heteroatoms. The van der Waals surface area contributed by atoms with Crippen LogP contribution in [0.2, 0.25) is 0 Å². The molecule has 0 saturated heterocycles. The number of fused-ring (bicyclic) bond motifs is 1. The lowest BCUT2D eigenvalue weighted by Gasteiger charge is -2.15. The molecule has 0 aliphatic carbocycles. The van der Waals surface area contributed by atoms with Crippen molar-refractivity contribution < 1.29 is 18.9 Å². The summed E-state index contributed by atoms with van der Waals surface area (Å²) in [5.74, 6) is 4.44. The van der Waals surface area contributed by atoms with Crippen molar-refractivity contribution in [2.24, 2.45) is 4.99 Å². The van der Waals surface area contributed by atoms with Crippen LogP contribution in [-0.2, 0) is 9.47 Å². The van der Waals surface area contributed by atoms with Gasteiger partial charge >= 0.3 is 0 Å². The minimum Gasteiger partial charge on any atom is -0.487 e. The van der Waals surface area contributed by atoms with Gasteiger partial charge in [-0.1, -0.05) is 46.3 Å². The van der Waals surface area contributed by atoms with Crippen LogP contribution in [0.1, 0.15) is 47.1 Å². The smallest absolute Gasteiger partial charge is 0.163 e. The quantitative estimate of drug-likeness (QED) is 0.159. The number of ether oxygens (including phenoxy) is 4. The first-order valence-corrected chi connectivity index (χ1v) is 13.0. The fraction of sp³-hybridized carbons (Fsp3) is 0.387. The Labute approximate surface area is 234 Å². The van der Waals surface area contributed by atoms with Gasteiger partial charge in [-0.3, -0.25) is 4.99 Å². The van der Waals surface area contributed by atoms with Crippen LogP contribution in [0, 0.1) is 12.3 Å². The average Bonchev–Trinajstić information content (AvgIpc) is 2.96. The number of anilines is 2. The van der Waals surface area contributed by atoms with E-state index in [4.69, 9.17) is 25.4 Å². The van der Waals surface area contributed by atoms with Crippen molar-refractivity contribution in [2.45, 2.75) is 41.5 Å². The van der Waals surface area contributed by atoms with E-state index >= 15 is 0 Å². The van der Waals surface area contributed by atoms with Crippen LogP contribution in [0.4, 0.5) is 11.5 Å². The summed E-state index contributed by atoms with van der Waals surface area (Å²) in [5.41, 5.74) is 3.20. The van der Waals surface area contributed by atoms with E-state index in [1.807, 2.05) is 77.9 Å². The van der Waals surface area contributed by atoms with E-state index in [9.17, 15) is 0 Å². The highest BCUT2D eigenvalue weighted by molar-refractivity contribution is 5.93. The number of rotatable bonds is 11. The molecule has 8 nitrogen and oxygen atoms in total. The van der Waals surface area contributed by atoms with Crippen LogP contribution < -0.4 is 14.8 Å². The lowest BCUT2D eigenvalue weighted by atomic mass is 10.2. The summed E-state index contributed by atoms with van der Waals surface area (Å²) in [6.45, 7) is 17.0. The van der Waals surface area contributed by atoms with E-state index in [0.29, 0.717) is 43.7 Å². The van der Waals surface area contributed by atoms with Gasteiger partial charge in [0.05, 0.1) is 18.7 Å². The van der Waals surface area contributed by atoms with Gasteiger partial charge in [0.25, 0.3) is 0 Å². The molecule has 1 N–H and O–H groups in total. The maximum Gasteiger partial charge on any atom is 0.163 e. The van der Waals surface area contributed by atoms with Gasteiger partial charge in [-0.05, 0) is 38.1 Å². The van der Waals surface area contributed by atoms with E-state index in [0.717, 1.165) is 27.9 Å². The summed E-state index contributed by atoms with van der Waals surface area (Å²) >= 11 is 0. The Bertz CT molecular complexity index is 1170. The molecule has 212 valence electrons. The van der Waals surface area contributed by atoms with E-state index in [2.05, 4.69) is 32.8 Å². The van der Waals surface area contributed by atoms with Gasteiger partial charge in [-0.2, -0.15) is 0 Å². The Morgan fingerprint density at radius 1 is 0.974 bits per heavy atom. The van der Waals surface area contributed by atoms with Crippen LogP contribution in [0.25, 0.3) is 10.9 Å². The Morgan fingerprint density at radius 3 is 2.10 bits per heavy atom. The summed E-state index contributed by atoms with van der Waals surface area (Å²) in [6.07, 6.45) is 8.72. The molecule has 0 atom stereocenters. The molecule has 0 amide bonds. The van der Waals surface area contributed by atoms with Crippen molar-refractivity contribution in [1.82, 2.24) is 9.97 Å². The second-order valence-corrected chi connectivity index (χ2v) is 7.19. The minimum atomic E-state index is 0.392. The number of aromatic nitrogens is 2. The molecule has 0 fully saturated rings. The SMILES string of the molecule is C#Cc1cccc(Nc2ncnc3cc(OCCOC)c(OCCOC)cc23)c1.C=C(C)N=CC.CC.CC. The maximum atomic E-state index is 5.86. The highest BCUT2D eigenvalue weighted by Crippen LogP contribution is 2.35. The molecule has 0 bridgehead atoms. The molecule has 2 aromatic carbocycles. The monoisotopic (exact) mass is 536 g/mol. The Balaban J connectivity index is 0.00000126. The highest BCUT2D eigenvalue weighted by atomic mass is 16.5. The third kappa shape index (κ3) is 13.4. The first-order valence-electron chi connectivity index (χ1n) is 13.0. The molecule has 3 rings (SSSR count). The molecule has 0 spiro atoms. The highest BCUT2D eigenvalue weighted by Gasteiger charge is 2.13. The number of terminal acetylenes is 1. The molecular weight excluding hydrogens is 492 g/mol. The predicted octanol–water partition coefficient (Wildman–Crippen LogP) is 7.07. The maximum absolute atomic E-state index is 5.86. The Kier molecular flexibility index (Phi) is 19.9. The molecule has 0 radical (unpaired) electrons. The molecule has 0 aliphatic rings. The average molecular weight is 537 g/mol. The van der Waals surface area contributed by atoms with Crippen LogP contribution in [-0.4, -0.2) is 56.8 Å². The number of aliphatic imine (C=N–C) groups is 1. The molecule has 1 aromatic heterocycles. The molecular formula is C31H44N4O4. The van der Waals surface area contributed by atoms with Gasteiger partial charge in [-0.25, -0.2) is 9.97 Å². The molecule has 0 aliphatic heterocycles. The summed E-state index contributed by atoms with van der Waals surface area (Å²) in [6, 6.07) is 11.3. The largest absolute Gasteiger partial charge is 0.487 e. The first-order chi connectivity index (χ1) is 19.0.